The average Bonchev–Trinajstić information content (AvgIpc) is 2.83. The largest absolute Gasteiger partial charge is 1.00 e. The molecule has 9 nitrogen and oxygen atoms in total. The number of nitrogens with zero attached hydrogens (tertiary/aromatic N) is 1. The van der Waals surface area contributed by atoms with Crippen molar-refractivity contribution in [3.8, 4) is 0 Å². The SMILES string of the molecule is CC(=O)NCCSC1=C(C(=O)[O-])N2C(=O)C(CC(O)S(C)(=O)=O)C2C1.[Na+]. The van der Waals surface area contributed by atoms with E-state index in [0.717, 1.165) is 11.2 Å². The van der Waals surface area contributed by atoms with Crippen LogP contribution in [0.15, 0.2) is 10.6 Å². The van der Waals surface area contributed by atoms with E-state index in [-0.39, 0.29) is 54.0 Å². The Morgan fingerprint density at radius 1 is 1.46 bits per heavy atom. The van der Waals surface area contributed by atoms with E-state index in [4.69, 9.17) is 0 Å². The summed E-state index contributed by atoms with van der Waals surface area (Å²) >= 11 is 1.21. The summed E-state index contributed by atoms with van der Waals surface area (Å²) in [4.78, 5) is 36.0. The zero-order valence-corrected chi connectivity index (χ0v) is 18.4. The Balaban J connectivity index is 0.00000338. The van der Waals surface area contributed by atoms with Crippen molar-refractivity contribution in [1.82, 2.24) is 10.2 Å². The fourth-order valence-corrected chi connectivity index (χ4v) is 4.54. The second-order valence-electron chi connectivity index (χ2n) is 6.00. The number of rotatable bonds is 8. The van der Waals surface area contributed by atoms with E-state index in [0.29, 0.717) is 17.2 Å². The van der Waals surface area contributed by atoms with E-state index in [1.54, 1.807) is 0 Å². The molecule has 3 atom stereocenters. The van der Waals surface area contributed by atoms with Gasteiger partial charge >= 0.3 is 29.6 Å². The van der Waals surface area contributed by atoms with Crippen LogP contribution in [0.1, 0.15) is 19.8 Å². The average molecular weight is 414 g/mol. The second kappa shape index (κ2) is 9.07. The topological polar surface area (TPSA) is 144 Å². The number of fused-ring (bicyclic) bond motifs is 1. The molecule has 2 amide bonds. The van der Waals surface area contributed by atoms with E-state index < -0.39 is 39.1 Å². The predicted octanol–water partition coefficient (Wildman–Crippen LogP) is -5.19. The molecule has 0 saturated carbocycles. The zero-order valence-electron chi connectivity index (χ0n) is 14.7. The Labute approximate surface area is 177 Å². The quantitative estimate of drug-likeness (QED) is 0.228. The van der Waals surface area contributed by atoms with Crippen LogP contribution >= 0.6 is 11.8 Å². The number of amides is 2. The Bertz CT molecular complexity index is 738. The molecule has 0 aromatic rings. The number of aliphatic hydroxyl groups is 1. The van der Waals surface area contributed by atoms with Gasteiger partial charge in [-0.05, 0) is 0 Å². The third kappa shape index (κ3) is 5.02. The predicted molar refractivity (Wildman–Crippen MR) is 87.4 cm³/mol. The molecule has 0 bridgehead atoms. The van der Waals surface area contributed by atoms with Gasteiger partial charge in [-0.15, -0.1) is 11.8 Å². The summed E-state index contributed by atoms with van der Waals surface area (Å²) in [5.74, 6) is -2.51. The summed E-state index contributed by atoms with van der Waals surface area (Å²) in [5, 5.41) is 23.7. The molecule has 0 radical (unpaired) electrons. The minimum Gasteiger partial charge on any atom is -0.543 e. The minimum atomic E-state index is -3.70. The minimum absolute atomic E-state index is 0. The van der Waals surface area contributed by atoms with E-state index in [2.05, 4.69) is 5.32 Å². The molecule has 0 aromatic carbocycles. The van der Waals surface area contributed by atoms with Gasteiger partial charge in [0.25, 0.3) is 0 Å². The fourth-order valence-electron chi connectivity index (χ4n) is 2.93. The van der Waals surface area contributed by atoms with Gasteiger partial charge < -0.3 is 25.2 Å². The molecular formula is C14H19N2NaO7S2. The van der Waals surface area contributed by atoms with Gasteiger partial charge in [-0.3, -0.25) is 9.59 Å². The number of hydrogen-bond donors (Lipinski definition) is 2. The standard InChI is InChI=1S/C14H20N2O7S2.Na/c1-7(17)15-3-4-24-10-6-9-8(5-11(18)25(2,22)23)13(19)16(9)12(10)14(20)21;/h8-9,11,18H,3-6H2,1-2H3,(H,15,17)(H,20,21);/q;+1/p-1. The maximum Gasteiger partial charge on any atom is 1.00 e. The molecule has 2 rings (SSSR count). The number of aliphatic carboxylic acids is 1. The van der Waals surface area contributed by atoms with Crippen LogP contribution in [0, 0.1) is 5.92 Å². The molecule has 2 heterocycles. The molecular weight excluding hydrogens is 395 g/mol. The van der Waals surface area contributed by atoms with Crippen molar-refractivity contribution in [2.75, 3.05) is 18.6 Å². The van der Waals surface area contributed by atoms with Crippen molar-refractivity contribution < 1.29 is 62.6 Å². The van der Waals surface area contributed by atoms with Crippen molar-refractivity contribution in [1.29, 1.82) is 0 Å². The first kappa shape index (κ1) is 23.4. The fraction of sp³-hybridized carbons (Fsp3) is 0.643. The molecule has 3 unspecified atom stereocenters. The third-order valence-corrected chi connectivity index (χ3v) is 6.44. The molecule has 26 heavy (non-hydrogen) atoms. The van der Waals surface area contributed by atoms with Crippen molar-refractivity contribution in [3.05, 3.63) is 10.6 Å². The summed E-state index contributed by atoms with van der Waals surface area (Å²) < 4.78 is 22.7. The van der Waals surface area contributed by atoms with E-state index >= 15 is 0 Å². The molecule has 0 spiro atoms. The van der Waals surface area contributed by atoms with Crippen LogP contribution in [-0.2, 0) is 24.2 Å². The number of β-lactam (4-membered cyclic amide) rings is 1. The molecule has 140 valence electrons. The van der Waals surface area contributed by atoms with Crippen LogP contribution in [0.25, 0.3) is 0 Å². The van der Waals surface area contributed by atoms with Gasteiger partial charge in [0.15, 0.2) is 15.3 Å². The number of carbonyl (C=O) groups is 3. The number of hydrogen-bond acceptors (Lipinski definition) is 8. The summed E-state index contributed by atoms with van der Waals surface area (Å²) in [5.41, 5.74) is -1.86. The van der Waals surface area contributed by atoms with Gasteiger partial charge in [-0.1, -0.05) is 0 Å². The van der Waals surface area contributed by atoms with Gasteiger partial charge in [0.2, 0.25) is 11.8 Å². The Morgan fingerprint density at radius 3 is 2.58 bits per heavy atom. The number of aliphatic hydroxyl groups excluding tert-OH is 1. The van der Waals surface area contributed by atoms with Gasteiger partial charge in [0, 0.05) is 43.2 Å². The molecule has 2 N–H and O–H groups in total. The van der Waals surface area contributed by atoms with Crippen molar-refractivity contribution in [3.63, 3.8) is 0 Å². The Hall–Kier alpha value is -0.590. The van der Waals surface area contributed by atoms with Crippen LogP contribution in [-0.4, -0.2) is 66.2 Å². The Kier molecular flexibility index (Phi) is 8.18. The van der Waals surface area contributed by atoms with E-state index in [1.165, 1.54) is 18.7 Å². The van der Waals surface area contributed by atoms with Gasteiger partial charge in [0.05, 0.1) is 23.6 Å². The number of carbonyl (C=O) groups excluding carboxylic acids is 3. The van der Waals surface area contributed by atoms with Crippen molar-refractivity contribution in [2.45, 2.75) is 31.2 Å². The van der Waals surface area contributed by atoms with E-state index in [9.17, 15) is 33.0 Å². The van der Waals surface area contributed by atoms with Crippen LogP contribution in [0.5, 0.6) is 0 Å². The molecule has 2 aliphatic rings. The third-order valence-electron chi connectivity index (χ3n) is 4.15. The van der Waals surface area contributed by atoms with Crippen LogP contribution < -0.4 is 40.0 Å². The van der Waals surface area contributed by atoms with Crippen LogP contribution in [0.2, 0.25) is 0 Å². The summed E-state index contributed by atoms with van der Waals surface area (Å²) in [6.07, 6.45) is 0.880. The first-order valence-corrected chi connectivity index (χ1v) is 10.5. The summed E-state index contributed by atoms with van der Waals surface area (Å²) in [6.45, 7) is 1.72. The molecule has 0 aromatic heterocycles. The monoisotopic (exact) mass is 414 g/mol. The number of nitrogens with one attached hydrogen (secondary N) is 1. The van der Waals surface area contributed by atoms with Crippen LogP contribution in [0.4, 0.5) is 0 Å². The number of carboxylic acids is 1. The van der Waals surface area contributed by atoms with Crippen LogP contribution in [0.3, 0.4) is 0 Å². The van der Waals surface area contributed by atoms with Gasteiger partial charge in [-0.2, -0.15) is 0 Å². The molecule has 0 aliphatic carbocycles. The molecule has 2 aliphatic heterocycles. The maximum atomic E-state index is 12.2. The van der Waals surface area contributed by atoms with Crippen molar-refractivity contribution in [2.24, 2.45) is 5.92 Å². The summed E-state index contributed by atoms with van der Waals surface area (Å²) in [7, 11) is -3.70. The maximum absolute atomic E-state index is 12.2. The van der Waals surface area contributed by atoms with Gasteiger partial charge in [-0.25, -0.2) is 8.42 Å². The molecule has 12 heteroatoms. The normalized spacial score (nSPS) is 23.0. The number of sulfone groups is 1. The number of carboxylic acid groups (broad SMARTS) is 1. The van der Waals surface area contributed by atoms with Gasteiger partial charge in [0.1, 0.15) is 0 Å². The zero-order chi connectivity index (χ0) is 18.9. The molecule has 1 fully saturated rings. The number of thioether (sulfide) groups is 1. The first-order chi connectivity index (χ1) is 11.5. The second-order valence-corrected chi connectivity index (χ2v) is 9.39. The Morgan fingerprint density at radius 2 is 2.08 bits per heavy atom. The van der Waals surface area contributed by atoms with Crippen molar-refractivity contribution >= 4 is 39.4 Å². The summed E-state index contributed by atoms with van der Waals surface area (Å²) in [6, 6.07) is -0.486. The first-order valence-electron chi connectivity index (χ1n) is 7.55. The smallest absolute Gasteiger partial charge is 0.543 e. The van der Waals surface area contributed by atoms with E-state index in [1.807, 2.05) is 0 Å². The molecule has 1 saturated heterocycles.